The molecular weight excluding hydrogens is 466 g/mol. The molecule has 36 heavy (non-hydrogen) atoms. The maximum Gasteiger partial charge on any atom is 0.326 e. The summed E-state index contributed by atoms with van der Waals surface area (Å²) < 4.78 is 0. The highest BCUT2D eigenvalue weighted by molar-refractivity contribution is 5.93. The molecule has 0 saturated carbocycles. The van der Waals surface area contributed by atoms with Crippen molar-refractivity contribution < 1.29 is 24.3 Å². The summed E-state index contributed by atoms with van der Waals surface area (Å²) in [6.07, 6.45) is 6.53. The van der Waals surface area contributed by atoms with Gasteiger partial charge in [-0.3, -0.25) is 14.4 Å². The van der Waals surface area contributed by atoms with Crippen LogP contribution >= 0.6 is 0 Å². The van der Waals surface area contributed by atoms with Gasteiger partial charge in [-0.15, -0.1) is 0 Å². The standard InChI is InChI=1S/C24H29N7O5/c32-21(30-20(24(35)36)8-14-10-27-17-5-2-1-4-16(14)17)12-28-22(33)19(9-15-11-25-13-29-15)31-23(34)18-6-3-7-26-18/h1-2,4-5,10-11,13,18-20,26-27H,3,6-9,12H2,(H,25,29)(H,28,33)(H,30,32)(H,31,34)(H,35,36). The van der Waals surface area contributed by atoms with Crippen molar-refractivity contribution in [1.82, 2.24) is 36.2 Å². The third-order valence-electron chi connectivity index (χ3n) is 6.14. The molecule has 12 heteroatoms. The first-order valence-corrected chi connectivity index (χ1v) is 11.8. The van der Waals surface area contributed by atoms with Crippen molar-refractivity contribution >= 4 is 34.6 Å². The summed E-state index contributed by atoms with van der Waals surface area (Å²) in [7, 11) is 0. The maximum absolute atomic E-state index is 12.9. The number of imidazole rings is 1. The van der Waals surface area contributed by atoms with Crippen molar-refractivity contribution in [3.05, 3.63) is 54.2 Å². The topological polar surface area (TPSA) is 181 Å². The van der Waals surface area contributed by atoms with Gasteiger partial charge in [0.05, 0.1) is 18.9 Å². The van der Waals surface area contributed by atoms with Gasteiger partial charge in [0.2, 0.25) is 17.7 Å². The molecular formula is C24H29N7O5. The predicted molar refractivity (Wildman–Crippen MR) is 130 cm³/mol. The number of carbonyl (C=O) groups excluding carboxylic acids is 3. The number of carbonyl (C=O) groups is 4. The molecule has 1 saturated heterocycles. The van der Waals surface area contributed by atoms with Crippen LogP contribution in [0.3, 0.4) is 0 Å². The summed E-state index contributed by atoms with van der Waals surface area (Å²) in [5.41, 5.74) is 2.27. The van der Waals surface area contributed by atoms with Crippen LogP contribution in [-0.2, 0) is 32.0 Å². The first-order chi connectivity index (χ1) is 17.4. The molecule has 4 rings (SSSR count). The fourth-order valence-corrected chi connectivity index (χ4v) is 4.26. The first-order valence-electron chi connectivity index (χ1n) is 11.8. The van der Waals surface area contributed by atoms with Gasteiger partial charge < -0.3 is 36.3 Å². The molecule has 1 aromatic carbocycles. The molecule has 1 aliphatic rings. The second kappa shape index (κ2) is 11.5. The number of aromatic amines is 2. The number of carboxylic acid groups (broad SMARTS) is 1. The van der Waals surface area contributed by atoms with Gasteiger partial charge >= 0.3 is 5.97 Å². The number of carboxylic acids is 1. The molecule has 1 aliphatic heterocycles. The molecule has 190 valence electrons. The number of para-hydroxylation sites is 1. The van der Waals surface area contributed by atoms with Crippen molar-refractivity contribution in [3.8, 4) is 0 Å². The van der Waals surface area contributed by atoms with E-state index in [1.165, 1.54) is 6.33 Å². The predicted octanol–water partition coefficient (Wildman–Crippen LogP) is -0.401. The molecule has 0 radical (unpaired) electrons. The molecule has 0 bridgehead atoms. The number of hydrogen-bond acceptors (Lipinski definition) is 6. The number of fused-ring (bicyclic) bond motifs is 1. The van der Waals surface area contributed by atoms with E-state index in [2.05, 4.69) is 36.2 Å². The quantitative estimate of drug-likeness (QED) is 0.189. The van der Waals surface area contributed by atoms with Crippen LogP contribution in [0.1, 0.15) is 24.1 Å². The molecule has 3 unspecified atom stereocenters. The number of nitrogens with zero attached hydrogens (tertiary/aromatic N) is 1. The van der Waals surface area contributed by atoms with Crippen LogP contribution in [0, 0.1) is 0 Å². The number of hydrogen-bond donors (Lipinski definition) is 7. The third kappa shape index (κ3) is 6.27. The highest BCUT2D eigenvalue weighted by atomic mass is 16.4. The van der Waals surface area contributed by atoms with Crippen LogP contribution in [0.15, 0.2) is 43.0 Å². The van der Waals surface area contributed by atoms with Crippen LogP contribution in [0.5, 0.6) is 0 Å². The van der Waals surface area contributed by atoms with Gasteiger partial charge in [-0.25, -0.2) is 9.78 Å². The Hall–Kier alpha value is -4.19. The minimum Gasteiger partial charge on any atom is -0.480 e. The Kier molecular flexibility index (Phi) is 7.95. The van der Waals surface area contributed by atoms with Gasteiger partial charge in [0.25, 0.3) is 0 Å². The molecule has 3 atom stereocenters. The lowest BCUT2D eigenvalue weighted by Gasteiger charge is -2.20. The zero-order valence-electron chi connectivity index (χ0n) is 19.5. The van der Waals surface area contributed by atoms with Crippen LogP contribution in [0.25, 0.3) is 10.9 Å². The van der Waals surface area contributed by atoms with Crippen molar-refractivity contribution in [2.75, 3.05) is 13.1 Å². The molecule has 12 nitrogen and oxygen atoms in total. The number of rotatable bonds is 11. The lowest BCUT2D eigenvalue weighted by molar-refractivity contribution is -0.141. The highest BCUT2D eigenvalue weighted by Gasteiger charge is 2.28. The normalized spacial score (nSPS) is 16.8. The van der Waals surface area contributed by atoms with Crippen molar-refractivity contribution in [2.24, 2.45) is 0 Å². The molecule has 3 heterocycles. The zero-order chi connectivity index (χ0) is 25.5. The van der Waals surface area contributed by atoms with E-state index < -0.39 is 36.4 Å². The van der Waals surface area contributed by atoms with Gasteiger partial charge in [-0.2, -0.15) is 0 Å². The lowest BCUT2D eigenvalue weighted by Crippen LogP contribution is -2.54. The summed E-state index contributed by atoms with van der Waals surface area (Å²) in [5.74, 6) is -2.69. The van der Waals surface area contributed by atoms with Gasteiger partial charge in [0.1, 0.15) is 12.1 Å². The van der Waals surface area contributed by atoms with E-state index in [4.69, 9.17) is 0 Å². The van der Waals surface area contributed by atoms with Gasteiger partial charge in [-0.05, 0) is 31.0 Å². The van der Waals surface area contributed by atoms with Crippen LogP contribution in [-0.4, -0.2) is 75.0 Å². The molecule has 0 spiro atoms. The number of aliphatic carboxylic acids is 1. The summed E-state index contributed by atoms with van der Waals surface area (Å²) in [6.45, 7) is 0.298. The van der Waals surface area contributed by atoms with Crippen molar-refractivity contribution in [3.63, 3.8) is 0 Å². The monoisotopic (exact) mass is 495 g/mol. The molecule has 0 aliphatic carbocycles. The second-order valence-electron chi connectivity index (χ2n) is 8.73. The van der Waals surface area contributed by atoms with E-state index in [1.807, 2.05) is 24.3 Å². The number of H-pyrrole nitrogens is 2. The van der Waals surface area contributed by atoms with Gasteiger partial charge in [-0.1, -0.05) is 18.2 Å². The number of benzene rings is 1. The largest absolute Gasteiger partial charge is 0.480 e. The average Bonchev–Trinajstić information content (AvgIpc) is 3.64. The van der Waals surface area contributed by atoms with Gasteiger partial charge in [0, 0.05) is 41.8 Å². The van der Waals surface area contributed by atoms with E-state index in [0.29, 0.717) is 12.1 Å². The van der Waals surface area contributed by atoms with Crippen molar-refractivity contribution in [2.45, 2.75) is 43.8 Å². The third-order valence-corrected chi connectivity index (χ3v) is 6.14. The van der Waals surface area contributed by atoms with Crippen LogP contribution in [0.4, 0.5) is 0 Å². The molecule has 3 aromatic rings. The second-order valence-corrected chi connectivity index (χ2v) is 8.73. The Morgan fingerprint density at radius 1 is 1.08 bits per heavy atom. The van der Waals surface area contributed by atoms with E-state index in [9.17, 15) is 24.3 Å². The smallest absolute Gasteiger partial charge is 0.326 e. The average molecular weight is 496 g/mol. The summed E-state index contributed by atoms with van der Waals surface area (Å²) in [6, 6.07) is 4.99. The fourth-order valence-electron chi connectivity index (χ4n) is 4.26. The zero-order valence-corrected chi connectivity index (χ0v) is 19.5. The molecule has 3 amide bonds. The van der Waals surface area contributed by atoms with E-state index in [1.54, 1.807) is 12.4 Å². The minimum atomic E-state index is -1.19. The Balaban J connectivity index is 1.34. The Labute approximate surface area is 206 Å². The summed E-state index contributed by atoms with van der Waals surface area (Å²) in [5, 5.41) is 21.3. The Morgan fingerprint density at radius 2 is 1.92 bits per heavy atom. The van der Waals surface area contributed by atoms with E-state index in [-0.39, 0.29) is 24.8 Å². The van der Waals surface area contributed by atoms with Crippen molar-refractivity contribution in [1.29, 1.82) is 0 Å². The first kappa shape index (κ1) is 24.9. The molecule has 7 N–H and O–H groups in total. The van der Waals surface area contributed by atoms with E-state index >= 15 is 0 Å². The fraction of sp³-hybridized carbons (Fsp3) is 0.375. The van der Waals surface area contributed by atoms with E-state index in [0.717, 1.165) is 29.4 Å². The van der Waals surface area contributed by atoms with Crippen LogP contribution < -0.4 is 21.3 Å². The summed E-state index contributed by atoms with van der Waals surface area (Å²) in [4.78, 5) is 59.6. The number of aromatic nitrogens is 3. The summed E-state index contributed by atoms with van der Waals surface area (Å²) >= 11 is 0. The van der Waals surface area contributed by atoms with Gasteiger partial charge in [0.15, 0.2) is 0 Å². The molecule has 1 fully saturated rings. The SMILES string of the molecule is O=C(CNC(=O)C(Cc1cnc[nH]1)NC(=O)C1CCCN1)NC(Cc1c[nH]c2ccccc12)C(=O)O. The highest BCUT2D eigenvalue weighted by Crippen LogP contribution is 2.19. The lowest BCUT2D eigenvalue weighted by atomic mass is 10.0. The van der Waals surface area contributed by atoms with Crippen LogP contribution in [0.2, 0.25) is 0 Å². The molecule has 2 aromatic heterocycles. The number of amides is 3. The Morgan fingerprint density at radius 3 is 2.64 bits per heavy atom. The minimum absolute atomic E-state index is 0.0753. The maximum atomic E-state index is 12.9. The Bertz CT molecular complexity index is 1220. The number of nitrogens with one attached hydrogen (secondary N) is 6.